The lowest BCUT2D eigenvalue weighted by Gasteiger charge is -2.16. The highest BCUT2D eigenvalue weighted by molar-refractivity contribution is 5.39. The molecule has 3 heteroatoms. The number of aryl methyl sites for hydroxylation is 2. The Kier molecular flexibility index (Phi) is 3.70. The van der Waals surface area contributed by atoms with Crippen molar-refractivity contribution in [3.8, 4) is 11.5 Å². The van der Waals surface area contributed by atoms with Crippen LogP contribution in [-0.2, 0) is 12.8 Å². The second-order valence-corrected chi connectivity index (χ2v) is 5.45. The molecule has 1 unspecified atom stereocenters. The van der Waals surface area contributed by atoms with Gasteiger partial charge < -0.3 is 10.5 Å². The van der Waals surface area contributed by atoms with Crippen LogP contribution in [0.2, 0.25) is 0 Å². The van der Waals surface area contributed by atoms with Crippen molar-refractivity contribution in [1.82, 2.24) is 4.98 Å². The van der Waals surface area contributed by atoms with E-state index < -0.39 is 0 Å². The topological polar surface area (TPSA) is 48.1 Å². The SMILES string of the molecule is CC(N)c1ccc(Oc2ccc3c(c2)CCCC3)cn1. The summed E-state index contributed by atoms with van der Waals surface area (Å²) in [5, 5.41) is 0. The molecule has 104 valence electrons. The van der Waals surface area contributed by atoms with Gasteiger partial charge in [0, 0.05) is 6.04 Å². The van der Waals surface area contributed by atoms with Crippen LogP contribution in [-0.4, -0.2) is 4.98 Å². The summed E-state index contributed by atoms with van der Waals surface area (Å²) in [7, 11) is 0. The maximum Gasteiger partial charge on any atom is 0.145 e. The summed E-state index contributed by atoms with van der Waals surface area (Å²) >= 11 is 0. The van der Waals surface area contributed by atoms with Crippen LogP contribution in [0, 0.1) is 0 Å². The van der Waals surface area contributed by atoms with Crippen LogP contribution in [0.5, 0.6) is 11.5 Å². The molecule has 1 aromatic carbocycles. The van der Waals surface area contributed by atoms with E-state index in [1.807, 2.05) is 25.1 Å². The van der Waals surface area contributed by atoms with Gasteiger partial charge in [0.25, 0.3) is 0 Å². The molecule has 1 aliphatic carbocycles. The molecule has 20 heavy (non-hydrogen) atoms. The van der Waals surface area contributed by atoms with Gasteiger partial charge in [-0.2, -0.15) is 0 Å². The molecule has 0 fully saturated rings. The van der Waals surface area contributed by atoms with Crippen molar-refractivity contribution in [2.24, 2.45) is 5.73 Å². The van der Waals surface area contributed by atoms with Crippen molar-refractivity contribution in [2.45, 2.75) is 38.6 Å². The van der Waals surface area contributed by atoms with Gasteiger partial charge in [0.05, 0.1) is 11.9 Å². The molecule has 0 amide bonds. The first kappa shape index (κ1) is 13.1. The van der Waals surface area contributed by atoms with Crippen LogP contribution in [0.3, 0.4) is 0 Å². The molecule has 2 N–H and O–H groups in total. The number of benzene rings is 1. The van der Waals surface area contributed by atoms with E-state index in [-0.39, 0.29) is 6.04 Å². The van der Waals surface area contributed by atoms with Crippen molar-refractivity contribution in [2.75, 3.05) is 0 Å². The summed E-state index contributed by atoms with van der Waals surface area (Å²) in [5.74, 6) is 1.64. The molecule has 0 spiro atoms. The Hall–Kier alpha value is -1.87. The van der Waals surface area contributed by atoms with Crippen LogP contribution in [0.25, 0.3) is 0 Å². The number of pyridine rings is 1. The number of fused-ring (bicyclic) bond motifs is 1. The molecular weight excluding hydrogens is 248 g/mol. The number of nitrogens with zero attached hydrogens (tertiary/aromatic N) is 1. The second-order valence-electron chi connectivity index (χ2n) is 5.45. The average molecular weight is 268 g/mol. The molecule has 0 radical (unpaired) electrons. The minimum atomic E-state index is -0.0483. The Bertz CT molecular complexity index is 590. The molecule has 1 heterocycles. The number of rotatable bonds is 3. The minimum absolute atomic E-state index is 0.0483. The monoisotopic (exact) mass is 268 g/mol. The highest BCUT2D eigenvalue weighted by Gasteiger charge is 2.10. The average Bonchev–Trinajstić information content (AvgIpc) is 2.48. The van der Waals surface area contributed by atoms with Crippen molar-refractivity contribution >= 4 is 0 Å². The maximum atomic E-state index is 5.88. The largest absolute Gasteiger partial charge is 0.456 e. The van der Waals surface area contributed by atoms with E-state index in [2.05, 4.69) is 17.1 Å². The summed E-state index contributed by atoms with van der Waals surface area (Å²) in [6.07, 6.45) is 6.67. The van der Waals surface area contributed by atoms with E-state index in [9.17, 15) is 0 Å². The lowest BCUT2D eigenvalue weighted by atomic mass is 9.92. The summed E-state index contributed by atoms with van der Waals surface area (Å²) in [6, 6.07) is 10.2. The van der Waals surface area contributed by atoms with E-state index in [1.165, 1.54) is 30.4 Å². The highest BCUT2D eigenvalue weighted by atomic mass is 16.5. The van der Waals surface area contributed by atoms with Crippen LogP contribution in [0.1, 0.15) is 42.6 Å². The third-order valence-corrected chi connectivity index (χ3v) is 3.78. The molecule has 2 aromatic rings. The quantitative estimate of drug-likeness (QED) is 0.921. The molecule has 0 saturated heterocycles. The molecule has 1 aromatic heterocycles. The molecule has 1 atom stereocenters. The van der Waals surface area contributed by atoms with E-state index >= 15 is 0 Å². The zero-order valence-corrected chi connectivity index (χ0v) is 11.8. The Labute approximate surface area is 119 Å². The summed E-state index contributed by atoms with van der Waals surface area (Å²) in [4.78, 5) is 4.31. The Morgan fingerprint density at radius 3 is 2.50 bits per heavy atom. The first-order chi connectivity index (χ1) is 9.72. The fourth-order valence-electron chi connectivity index (χ4n) is 2.63. The lowest BCUT2D eigenvalue weighted by molar-refractivity contribution is 0.477. The third kappa shape index (κ3) is 2.83. The number of ether oxygens (including phenoxy) is 1. The van der Waals surface area contributed by atoms with Crippen molar-refractivity contribution < 1.29 is 4.74 Å². The van der Waals surface area contributed by atoms with Crippen molar-refractivity contribution in [1.29, 1.82) is 0 Å². The minimum Gasteiger partial charge on any atom is -0.456 e. The van der Waals surface area contributed by atoms with Crippen LogP contribution in [0.15, 0.2) is 36.5 Å². The van der Waals surface area contributed by atoms with Crippen molar-refractivity contribution in [3.63, 3.8) is 0 Å². The van der Waals surface area contributed by atoms with Crippen molar-refractivity contribution in [3.05, 3.63) is 53.3 Å². The second kappa shape index (κ2) is 5.63. The van der Waals surface area contributed by atoms with Gasteiger partial charge in [-0.1, -0.05) is 6.07 Å². The van der Waals surface area contributed by atoms with Gasteiger partial charge in [-0.25, -0.2) is 0 Å². The molecule has 3 nitrogen and oxygen atoms in total. The molecule has 0 bridgehead atoms. The smallest absolute Gasteiger partial charge is 0.145 e. The first-order valence-electron chi connectivity index (χ1n) is 7.23. The normalized spacial score (nSPS) is 15.5. The van der Waals surface area contributed by atoms with Gasteiger partial charge in [-0.05, 0) is 68.0 Å². The predicted molar refractivity (Wildman–Crippen MR) is 80.0 cm³/mol. The van der Waals surface area contributed by atoms with Gasteiger partial charge in [0.2, 0.25) is 0 Å². The van der Waals surface area contributed by atoms with E-state index in [0.717, 1.165) is 23.6 Å². The lowest BCUT2D eigenvalue weighted by Crippen LogP contribution is -2.06. The maximum absolute atomic E-state index is 5.88. The Balaban J connectivity index is 1.77. The number of hydrogen-bond acceptors (Lipinski definition) is 3. The molecule has 0 aliphatic heterocycles. The van der Waals surface area contributed by atoms with Crippen LogP contribution >= 0.6 is 0 Å². The zero-order chi connectivity index (χ0) is 13.9. The number of nitrogens with two attached hydrogens (primary N) is 1. The number of aromatic nitrogens is 1. The van der Waals surface area contributed by atoms with Gasteiger partial charge in [-0.3, -0.25) is 4.98 Å². The fraction of sp³-hybridized carbons (Fsp3) is 0.353. The van der Waals surface area contributed by atoms with Gasteiger partial charge >= 0.3 is 0 Å². The molecular formula is C17H20N2O. The third-order valence-electron chi connectivity index (χ3n) is 3.78. The van der Waals surface area contributed by atoms with Crippen LogP contribution in [0.4, 0.5) is 0 Å². The Morgan fingerprint density at radius 2 is 1.80 bits per heavy atom. The van der Waals surface area contributed by atoms with Gasteiger partial charge in [0.1, 0.15) is 11.5 Å². The van der Waals surface area contributed by atoms with Gasteiger partial charge in [-0.15, -0.1) is 0 Å². The van der Waals surface area contributed by atoms with Crippen LogP contribution < -0.4 is 10.5 Å². The van der Waals surface area contributed by atoms with E-state index in [1.54, 1.807) is 6.20 Å². The summed E-state index contributed by atoms with van der Waals surface area (Å²) < 4.78 is 5.88. The highest BCUT2D eigenvalue weighted by Crippen LogP contribution is 2.28. The molecule has 1 aliphatic rings. The first-order valence-corrected chi connectivity index (χ1v) is 7.23. The fourth-order valence-corrected chi connectivity index (χ4v) is 2.63. The van der Waals surface area contributed by atoms with E-state index in [0.29, 0.717) is 0 Å². The zero-order valence-electron chi connectivity index (χ0n) is 11.8. The standard InChI is InChI=1S/C17H20N2O/c1-12(18)17-9-8-16(11-19-17)20-15-7-6-13-4-2-3-5-14(13)10-15/h6-12H,2-5,18H2,1H3. The number of hydrogen-bond donors (Lipinski definition) is 1. The predicted octanol–water partition coefficient (Wildman–Crippen LogP) is 3.77. The Morgan fingerprint density at radius 1 is 1.05 bits per heavy atom. The summed E-state index contributed by atoms with van der Waals surface area (Å²) in [5.41, 5.74) is 9.56. The molecule has 0 saturated carbocycles. The molecule has 3 rings (SSSR count). The van der Waals surface area contributed by atoms with Gasteiger partial charge in [0.15, 0.2) is 0 Å². The van der Waals surface area contributed by atoms with E-state index in [4.69, 9.17) is 10.5 Å². The summed E-state index contributed by atoms with van der Waals surface area (Å²) in [6.45, 7) is 1.92.